The van der Waals surface area contributed by atoms with Crippen LogP contribution in [0.15, 0.2) is 48.5 Å². The van der Waals surface area contributed by atoms with Crippen molar-refractivity contribution in [3.8, 4) is 0 Å². The molecule has 1 saturated heterocycles. The number of halogens is 1. The van der Waals surface area contributed by atoms with Crippen LogP contribution < -0.4 is 10.2 Å². The summed E-state index contributed by atoms with van der Waals surface area (Å²) in [6, 6.07) is 14.7. The SMILES string of the molecule is Cc1ccccc1C(C)NC(=O)N1CCN(c2ccccc2F)CC1. The summed E-state index contributed by atoms with van der Waals surface area (Å²) in [6.45, 7) is 6.47. The molecule has 0 radical (unpaired) electrons. The molecule has 1 N–H and O–H groups in total. The van der Waals surface area contributed by atoms with Gasteiger partial charge in [0, 0.05) is 26.2 Å². The molecular weight excluding hydrogens is 317 g/mol. The maximum atomic E-state index is 13.9. The van der Waals surface area contributed by atoms with E-state index in [1.807, 2.05) is 49.1 Å². The minimum Gasteiger partial charge on any atom is -0.366 e. The molecule has 1 aliphatic rings. The Morgan fingerprint density at radius 1 is 1.04 bits per heavy atom. The number of rotatable bonds is 3. The Balaban J connectivity index is 1.57. The molecule has 2 amide bonds. The smallest absolute Gasteiger partial charge is 0.317 e. The zero-order valence-electron chi connectivity index (χ0n) is 14.7. The molecule has 0 bridgehead atoms. The van der Waals surface area contributed by atoms with Crippen LogP contribution in [0.3, 0.4) is 0 Å². The molecule has 1 atom stereocenters. The zero-order valence-corrected chi connectivity index (χ0v) is 14.7. The predicted octanol–water partition coefficient (Wildman–Crippen LogP) is 3.73. The van der Waals surface area contributed by atoms with Gasteiger partial charge in [0.15, 0.2) is 0 Å². The second-order valence-electron chi connectivity index (χ2n) is 6.45. The van der Waals surface area contributed by atoms with Crippen molar-refractivity contribution in [1.29, 1.82) is 0 Å². The van der Waals surface area contributed by atoms with Crippen LogP contribution in [0.1, 0.15) is 24.1 Å². The number of nitrogens with zero attached hydrogens (tertiary/aromatic N) is 2. The minimum absolute atomic E-state index is 0.0432. The maximum Gasteiger partial charge on any atom is 0.317 e. The summed E-state index contributed by atoms with van der Waals surface area (Å²) in [6.07, 6.45) is 0. The second-order valence-corrected chi connectivity index (χ2v) is 6.45. The first-order valence-corrected chi connectivity index (χ1v) is 8.66. The second kappa shape index (κ2) is 7.55. The number of benzene rings is 2. The lowest BCUT2D eigenvalue weighted by Crippen LogP contribution is -2.52. The van der Waals surface area contributed by atoms with Crippen molar-refractivity contribution in [2.75, 3.05) is 31.1 Å². The highest BCUT2D eigenvalue weighted by molar-refractivity contribution is 5.75. The lowest BCUT2D eigenvalue weighted by Gasteiger charge is -2.36. The molecule has 2 aromatic rings. The summed E-state index contributed by atoms with van der Waals surface area (Å²) in [5.74, 6) is -0.214. The van der Waals surface area contributed by atoms with E-state index < -0.39 is 0 Å². The number of nitrogens with one attached hydrogen (secondary N) is 1. The van der Waals surface area contributed by atoms with Crippen LogP contribution in [0.4, 0.5) is 14.9 Å². The number of carbonyl (C=O) groups excluding carboxylic acids is 1. The van der Waals surface area contributed by atoms with Crippen molar-refractivity contribution >= 4 is 11.7 Å². The Morgan fingerprint density at radius 2 is 1.68 bits per heavy atom. The molecule has 0 spiro atoms. The Hall–Kier alpha value is -2.56. The van der Waals surface area contributed by atoms with Crippen molar-refractivity contribution < 1.29 is 9.18 Å². The van der Waals surface area contributed by atoms with Crippen molar-refractivity contribution in [1.82, 2.24) is 10.2 Å². The van der Waals surface area contributed by atoms with Crippen LogP contribution in [-0.2, 0) is 0 Å². The van der Waals surface area contributed by atoms with E-state index in [1.54, 1.807) is 17.0 Å². The number of carbonyl (C=O) groups is 1. The zero-order chi connectivity index (χ0) is 17.8. The first-order chi connectivity index (χ1) is 12.1. The average Bonchev–Trinajstić information content (AvgIpc) is 2.62. The van der Waals surface area contributed by atoms with Crippen LogP contribution >= 0.6 is 0 Å². The van der Waals surface area contributed by atoms with Crippen LogP contribution in [0.2, 0.25) is 0 Å². The molecular formula is C20H24FN3O. The quantitative estimate of drug-likeness (QED) is 0.923. The van der Waals surface area contributed by atoms with Gasteiger partial charge < -0.3 is 15.1 Å². The number of urea groups is 1. The van der Waals surface area contributed by atoms with E-state index in [0.29, 0.717) is 31.9 Å². The van der Waals surface area contributed by atoms with E-state index in [1.165, 1.54) is 11.6 Å². The predicted molar refractivity (Wildman–Crippen MR) is 98.3 cm³/mol. The number of amides is 2. The fourth-order valence-corrected chi connectivity index (χ4v) is 3.29. The van der Waals surface area contributed by atoms with Crippen LogP contribution in [0.5, 0.6) is 0 Å². The summed E-state index contributed by atoms with van der Waals surface area (Å²) >= 11 is 0. The minimum atomic E-state index is -0.214. The fraction of sp³-hybridized carbons (Fsp3) is 0.350. The maximum absolute atomic E-state index is 13.9. The number of aryl methyl sites for hydroxylation is 1. The number of para-hydroxylation sites is 1. The normalized spacial score (nSPS) is 15.8. The largest absolute Gasteiger partial charge is 0.366 e. The first-order valence-electron chi connectivity index (χ1n) is 8.66. The van der Waals surface area contributed by atoms with Crippen molar-refractivity contribution in [3.05, 3.63) is 65.5 Å². The molecule has 3 rings (SSSR count). The van der Waals surface area contributed by atoms with E-state index >= 15 is 0 Å². The molecule has 4 nitrogen and oxygen atoms in total. The van der Waals surface area contributed by atoms with Crippen molar-refractivity contribution in [3.63, 3.8) is 0 Å². The van der Waals surface area contributed by atoms with E-state index in [9.17, 15) is 9.18 Å². The van der Waals surface area contributed by atoms with E-state index in [-0.39, 0.29) is 17.9 Å². The van der Waals surface area contributed by atoms with E-state index in [4.69, 9.17) is 0 Å². The van der Waals surface area contributed by atoms with Gasteiger partial charge in [-0.3, -0.25) is 0 Å². The molecule has 1 aliphatic heterocycles. The van der Waals surface area contributed by atoms with Gasteiger partial charge in [-0.1, -0.05) is 36.4 Å². The van der Waals surface area contributed by atoms with Crippen LogP contribution in [0, 0.1) is 12.7 Å². The summed E-state index contributed by atoms with van der Waals surface area (Å²) < 4.78 is 13.9. The molecule has 1 heterocycles. The van der Waals surface area contributed by atoms with Crippen LogP contribution in [0.25, 0.3) is 0 Å². The van der Waals surface area contributed by atoms with Crippen molar-refractivity contribution in [2.45, 2.75) is 19.9 Å². The number of piperazine rings is 1. The summed E-state index contributed by atoms with van der Waals surface area (Å²) in [7, 11) is 0. The van der Waals surface area contributed by atoms with Gasteiger partial charge in [0.05, 0.1) is 11.7 Å². The fourth-order valence-electron chi connectivity index (χ4n) is 3.29. The Morgan fingerprint density at radius 3 is 2.36 bits per heavy atom. The van der Waals surface area contributed by atoms with Gasteiger partial charge >= 0.3 is 6.03 Å². The Kier molecular flexibility index (Phi) is 5.22. The van der Waals surface area contributed by atoms with E-state index in [2.05, 4.69) is 5.32 Å². The van der Waals surface area contributed by atoms with Gasteiger partial charge in [-0.15, -0.1) is 0 Å². The van der Waals surface area contributed by atoms with Crippen molar-refractivity contribution in [2.24, 2.45) is 0 Å². The van der Waals surface area contributed by atoms with Crippen LogP contribution in [-0.4, -0.2) is 37.1 Å². The highest BCUT2D eigenvalue weighted by Crippen LogP contribution is 2.21. The third kappa shape index (κ3) is 3.92. The number of hydrogen-bond donors (Lipinski definition) is 1. The average molecular weight is 341 g/mol. The lowest BCUT2D eigenvalue weighted by molar-refractivity contribution is 0.191. The molecule has 0 saturated carbocycles. The van der Waals surface area contributed by atoms with E-state index in [0.717, 1.165) is 5.56 Å². The molecule has 0 aliphatic carbocycles. The van der Waals surface area contributed by atoms with Gasteiger partial charge in [0.1, 0.15) is 5.82 Å². The number of hydrogen-bond acceptors (Lipinski definition) is 2. The number of anilines is 1. The molecule has 2 aromatic carbocycles. The molecule has 1 unspecified atom stereocenters. The third-order valence-electron chi connectivity index (χ3n) is 4.75. The van der Waals surface area contributed by atoms with Gasteiger partial charge in [-0.05, 0) is 37.1 Å². The summed E-state index contributed by atoms with van der Waals surface area (Å²) in [5.41, 5.74) is 2.90. The topological polar surface area (TPSA) is 35.6 Å². The van der Waals surface area contributed by atoms with Gasteiger partial charge in [-0.25, -0.2) is 9.18 Å². The molecule has 5 heteroatoms. The molecule has 0 aromatic heterocycles. The molecule has 25 heavy (non-hydrogen) atoms. The highest BCUT2D eigenvalue weighted by atomic mass is 19.1. The highest BCUT2D eigenvalue weighted by Gasteiger charge is 2.23. The third-order valence-corrected chi connectivity index (χ3v) is 4.75. The Bertz CT molecular complexity index is 741. The monoisotopic (exact) mass is 341 g/mol. The summed E-state index contributed by atoms with van der Waals surface area (Å²) in [4.78, 5) is 16.3. The van der Waals surface area contributed by atoms with Gasteiger partial charge in [0.25, 0.3) is 0 Å². The lowest BCUT2D eigenvalue weighted by atomic mass is 10.0. The standard InChI is InChI=1S/C20H24FN3O/c1-15-7-3-4-8-17(15)16(2)22-20(25)24-13-11-23(12-14-24)19-10-6-5-9-18(19)21/h3-10,16H,11-14H2,1-2H3,(H,22,25). The molecule has 1 fully saturated rings. The summed E-state index contributed by atoms with van der Waals surface area (Å²) in [5, 5.41) is 3.07. The molecule has 132 valence electrons. The first kappa shape index (κ1) is 17.3. The van der Waals surface area contributed by atoms with Gasteiger partial charge in [-0.2, -0.15) is 0 Å². The van der Waals surface area contributed by atoms with Gasteiger partial charge in [0.2, 0.25) is 0 Å². The Labute approximate surface area is 148 Å².